The molecule has 2 unspecified atom stereocenters. The van der Waals surface area contributed by atoms with Crippen LogP contribution >= 0.6 is 0 Å². The average molecular weight is 370 g/mol. The lowest BCUT2D eigenvalue weighted by atomic mass is 10.0. The number of hydrogen-bond acceptors (Lipinski definition) is 3. The highest BCUT2D eigenvalue weighted by Crippen LogP contribution is 2.13. The van der Waals surface area contributed by atoms with E-state index in [0.29, 0.717) is 12.2 Å². The number of ether oxygens (including phenoxy) is 2. The Kier molecular flexibility index (Phi) is 10.6. The van der Waals surface area contributed by atoms with E-state index in [4.69, 9.17) is 9.47 Å². The second kappa shape index (κ2) is 12.2. The minimum absolute atomic E-state index is 0. The first-order valence-electron chi connectivity index (χ1n) is 9.42. The molecule has 1 N–H and O–H groups in total. The Hall–Kier alpha value is -1.26. The molecule has 1 aliphatic rings. The van der Waals surface area contributed by atoms with Crippen molar-refractivity contribution in [3.8, 4) is 5.75 Å². The summed E-state index contributed by atoms with van der Waals surface area (Å²) in [5, 5.41) is 0. The van der Waals surface area contributed by atoms with Gasteiger partial charge in [0.1, 0.15) is 5.75 Å². The molecule has 1 heterocycles. The van der Waals surface area contributed by atoms with E-state index in [2.05, 4.69) is 13.8 Å². The molecule has 25 heavy (non-hydrogen) atoms. The second-order valence-corrected chi connectivity index (χ2v) is 6.92. The fourth-order valence-electron chi connectivity index (χ4n) is 3.22. The summed E-state index contributed by atoms with van der Waals surface area (Å²) in [5.41, 5.74) is 0.594. The van der Waals surface area contributed by atoms with Crippen molar-refractivity contribution in [2.24, 2.45) is 5.92 Å². The lowest BCUT2D eigenvalue weighted by molar-refractivity contribution is -0.908. The van der Waals surface area contributed by atoms with Gasteiger partial charge < -0.3 is 26.8 Å². The van der Waals surface area contributed by atoms with E-state index in [9.17, 15) is 4.79 Å². The van der Waals surface area contributed by atoms with Gasteiger partial charge in [0, 0.05) is 12.3 Å². The highest BCUT2D eigenvalue weighted by atomic mass is 35.5. The first-order chi connectivity index (χ1) is 11.7. The van der Waals surface area contributed by atoms with Crippen LogP contribution in [0, 0.1) is 5.92 Å². The summed E-state index contributed by atoms with van der Waals surface area (Å²) in [6, 6.07) is 7.24. The monoisotopic (exact) mass is 369 g/mol. The highest BCUT2D eigenvalue weighted by molar-refractivity contribution is 5.89. The van der Waals surface area contributed by atoms with Crippen LogP contribution in [0.1, 0.15) is 56.3 Å². The van der Waals surface area contributed by atoms with Gasteiger partial charge >= 0.3 is 5.97 Å². The third-order valence-electron chi connectivity index (χ3n) is 4.63. The van der Waals surface area contributed by atoms with Crippen molar-refractivity contribution >= 4 is 5.97 Å². The first kappa shape index (κ1) is 21.8. The fourth-order valence-corrected chi connectivity index (χ4v) is 3.22. The van der Waals surface area contributed by atoms with Gasteiger partial charge in [0.05, 0.1) is 38.4 Å². The quantitative estimate of drug-likeness (QED) is 0.481. The molecular formula is C20H32ClNO3. The number of halogens is 1. The van der Waals surface area contributed by atoms with Crippen LogP contribution in [0.15, 0.2) is 24.3 Å². The Labute approximate surface area is 158 Å². The Morgan fingerprint density at radius 2 is 1.96 bits per heavy atom. The zero-order valence-corrected chi connectivity index (χ0v) is 16.3. The van der Waals surface area contributed by atoms with E-state index < -0.39 is 0 Å². The molecule has 1 aliphatic heterocycles. The topological polar surface area (TPSA) is 40.0 Å². The number of likely N-dealkylation sites (tertiary alicyclic amines) is 1. The van der Waals surface area contributed by atoms with Crippen LogP contribution < -0.4 is 22.0 Å². The maximum atomic E-state index is 12.0. The van der Waals surface area contributed by atoms with E-state index in [1.807, 2.05) is 12.1 Å². The van der Waals surface area contributed by atoms with Crippen LogP contribution in [0.25, 0.3) is 0 Å². The molecule has 0 radical (unpaired) electrons. The van der Waals surface area contributed by atoms with Gasteiger partial charge in [-0.1, -0.05) is 20.3 Å². The summed E-state index contributed by atoms with van der Waals surface area (Å²) < 4.78 is 11.0. The number of esters is 1. The molecule has 1 aromatic carbocycles. The van der Waals surface area contributed by atoms with Crippen molar-refractivity contribution in [2.45, 2.75) is 46.0 Å². The number of benzene rings is 1. The summed E-state index contributed by atoms with van der Waals surface area (Å²) in [6.07, 6.45) is 5.77. The summed E-state index contributed by atoms with van der Waals surface area (Å²) in [5.74, 6) is 1.40. The standard InChI is InChI=1S/C20H31NO3.ClH/c1-3-4-14-23-19-10-8-18(9-11-19)20(22)24-15-6-13-21-12-5-7-17(2)16-21;/h8-11,17H,3-7,12-16H2,1-2H3;1H. The molecule has 1 saturated heterocycles. The van der Waals surface area contributed by atoms with Crippen molar-refractivity contribution in [1.29, 1.82) is 0 Å². The van der Waals surface area contributed by atoms with Crippen LogP contribution in [0.5, 0.6) is 5.75 Å². The predicted molar refractivity (Wildman–Crippen MR) is 95.7 cm³/mol. The Morgan fingerprint density at radius 3 is 2.64 bits per heavy atom. The zero-order chi connectivity index (χ0) is 17.2. The number of quaternary nitrogens is 1. The Morgan fingerprint density at radius 1 is 1.20 bits per heavy atom. The molecule has 0 spiro atoms. The lowest BCUT2D eigenvalue weighted by Crippen LogP contribution is -3.13. The number of rotatable bonds is 9. The number of unbranched alkanes of at least 4 members (excludes halogenated alkanes) is 1. The minimum Gasteiger partial charge on any atom is -1.00 e. The lowest BCUT2D eigenvalue weighted by Gasteiger charge is -2.27. The number of carbonyl (C=O) groups is 1. The molecule has 1 aromatic rings. The minimum atomic E-state index is -0.239. The molecule has 1 fully saturated rings. The van der Waals surface area contributed by atoms with Gasteiger partial charge in [-0.3, -0.25) is 0 Å². The summed E-state index contributed by atoms with van der Waals surface area (Å²) in [6.45, 7) is 9.31. The smallest absolute Gasteiger partial charge is 0.338 e. The molecule has 0 bridgehead atoms. The molecule has 0 saturated carbocycles. The van der Waals surface area contributed by atoms with E-state index in [1.165, 1.54) is 25.9 Å². The van der Waals surface area contributed by atoms with Crippen molar-refractivity contribution in [2.75, 3.05) is 32.8 Å². The average Bonchev–Trinajstić information content (AvgIpc) is 2.59. The fraction of sp³-hybridized carbons (Fsp3) is 0.650. The second-order valence-electron chi connectivity index (χ2n) is 6.92. The van der Waals surface area contributed by atoms with Crippen molar-refractivity contribution < 1.29 is 31.6 Å². The summed E-state index contributed by atoms with van der Waals surface area (Å²) >= 11 is 0. The van der Waals surface area contributed by atoms with Gasteiger partial charge in [-0.15, -0.1) is 0 Å². The van der Waals surface area contributed by atoms with Crippen LogP contribution in [0.3, 0.4) is 0 Å². The third kappa shape index (κ3) is 8.10. The molecule has 2 rings (SSSR count). The Bertz CT molecular complexity index is 492. The molecule has 0 aromatic heterocycles. The number of carbonyl (C=O) groups excluding carboxylic acids is 1. The largest absolute Gasteiger partial charge is 1.00 e. The van der Waals surface area contributed by atoms with Gasteiger partial charge in [0.25, 0.3) is 0 Å². The molecule has 5 heteroatoms. The summed E-state index contributed by atoms with van der Waals surface area (Å²) in [4.78, 5) is 13.7. The van der Waals surface area contributed by atoms with Crippen LogP contribution in [-0.4, -0.2) is 38.8 Å². The number of nitrogens with one attached hydrogen (secondary N) is 1. The van der Waals surface area contributed by atoms with E-state index in [1.54, 1.807) is 17.0 Å². The molecule has 0 aliphatic carbocycles. The van der Waals surface area contributed by atoms with Crippen molar-refractivity contribution in [1.82, 2.24) is 0 Å². The third-order valence-corrected chi connectivity index (χ3v) is 4.63. The van der Waals surface area contributed by atoms with E-state index in [0.717, 1.165) is 44.1 Å². The van der Waals surface area contributed by atoms with Crippen LogP contribution in [0.4, 0.5) is 0 Å². The zero-order valence-electron chi connectivity index (χ0n) is 15.6. The predicted octanol–water partition coefficient (Wildman–Crippen LogP) is -0.269. The van der Waals surface area contributed by atoms with Crippen molar-refractivity contribution in [3.05, 3.63) is 29.8 Å². The molecule has 142 valence electrons. The van der Waals surface area contributed by atoms with Crippen LogP contribution in [0.2, 0.25) is 0 Å². The number of hydrogen-bond donors (Lipinski definition) is 1. The number of piperidine rings is 1. The molecular weight excluding hydrogens is 338 g/mol. The Balaban J connectivity index is 0.00000312. The van der Waals surface area contributed by atoms with Crippen molar-refractivity contribution in [3.63, 3.8) is 0 Å². The van der Waals surface area contributed by atoms with Gasteiger partial charge in [-0.2, -0.15) is 0 Å². The van der Waals surface area contributed by atoms with Gasteiger partial charge in [0.15, 0.2) is 0 Å². The van der Waals surface area contributed by atoms with E-state index >= 15 is 0 Å². The van der Waals surface area contributed by atoms with Crippen LogP contribution in [-0.2, 0) is 4.74 Å². The maximum Gasteiger partial charge on any atom is 0.338 e. The molecule has 0 amide bonds. The van der Waals surface area contributed by atoms with Gasteiger partial charge in [-0.05, 0) is 43.5 Å². The highest BCUT2D eigenvalue weighted by Gasteiger charge is 2.19. The van der Waals surface area contributed by atoms with Gasteiger partial charge in [-0.25, -0.2) is 4.79 Å². The normalized spacial score (nSPS) is 19.8. The van der Waals surface area contributed by atoms with Gasteiger partial charge in [0.2, 0.25) is 0 Å². The summed E-state index contributed by atoms with van der Waals surface area (Å²) in [7, 11) is 0. The SMILES string of the molecule is CCCCOc1ccc(C(=O)OCCC[NH+]2CCCC(C)C2)cc1.[Cl-]. The maximum absolute atomic E-state index is 12.0. The van der Waals surface area contributed by atoms with E-state index in [-0.39, 0.29) is 18.4 Å². The molecule has 2 atom stereocenters. The molecule has 4 nitrogen and oxygen atoms in total. The first-order valence-corrected chi connectivity index (χ1v) is 9.42.